The van der Waals surface area contributed by atoms with Crippen LogP contribution in [0.2, 0.25) is 0 Å². The first-order chi connectivity index (χ1) is 17.0. The van der Waals surface area contributed by atoms with E-state index in [0.717, 1.165) is 52.0 Å². The van der Waals surface area contributed by atoms with Gasteiger partial charge in [-0.2, -0.15) is 0 Å². The molecule has 0 radical (unpaired) electrons. The minimum atomic E-state index is 0.119. The Balaban J connectivity index is 1.29. The van der Waals surface area contributed by atoms with Gasteiger partial charge in [-0.25, -0.2) is 0 Å². The third-order valence-corrected chi connectivity index (χ3v) is 7.86. The van der Waals surface area contributed by atoms with Crippen molar-refractivity contribution in [2.75, 3.05) is 46.9 Å². The second-order valence-electron chi connectivity index (χ2n) is 10.4. The number of rotatable bonds is 10. The van der Waals surface area contributed by atoms with Gasteiger partial charge >= 0.3 is 0 Å². The van der Waals surface area contributed by atoms with Gasteiger partial charge in [-0.05, 0) is 94.9 Å². The number of ketones is 1. The number of benzene rings is 2. The maximum absolute atomic E-state index is 13.1. The lowest BCUT2D eigenvalue weighted by molar-refractivity contribution is 0.103. The van der Waals surface area contributed by atoms with Crippen LogP contribution in [0.4, 0.5) is 0 Å². The molecule has 1 aliphatic carbocycles. The van der Waals surface area contributed by atoms with Crippen molar-refractivity contribution in [2.45, 2.75) is 58.8 Å². The maximum atomic E-state index is 13.1. The number of fused-ring (bicyclic) bond motifs is 1. The highest BCUT2D eigenvalue weighted by Gasteiger charge is 2.27. The molecule has 188 valence electrons. The van der Waals surface area contributed by atoms with Crippen LogP contribution in [-0.2, 0) is 12.8 Å². The molecule has 2 aromatic rings. The number of piperidine rings is 1. The molecule has 0 amide bonds. The Hall–Kier alpha value is -2.43. The van der Waals surface area contributed by atoms with Crippen molar-refractivity contribution in [1.82, 2.24) is 9.80 Å². The first-order valence-electron chi connectivity index (χ1n) is 13.4. The quantitative estimate of drug-likeness (QED) is 0.398. The molecule has 1 aliphatic heterocycles. The van der Waals surface area contributed by atoms with Gasteiger partial charge in [-0.3, -0.25) is 4.79 Å². The van der Waals surface area contributed by atoms with Crippen molar-refractivity contribution in [3.63, 3.8) is 0 Å². The van der Waals surface area contributed by atoms with Crippen LogP contribution in [-0.4, -0.2) is 62.5 Å². The van der Waals surface area contributed by atoms with Crippen LogP contribution in [0, 0.1) is 6.92 Å². The molecule has 2 aromatic carbocycles. The summed E-state index contributed by atoms with van der Waals surface area (Å²) in [4.78, 5) is 18.2. The first-order valence-corrected chi connectivity index (χ1v) is 13.4. The van der Waals surface area contributed by atoms with Crippen LogP contribution in [0.15, 0.2) is 42.0 Å². The summed E-state index contributed by atoms with van der Waals surface area (Å²) in [7, 11) is 3.95. The van der Waals surface area contributed by atoms with E-state index >= 15 is 0 Å². The Labute approximate surface area is 212 Å². The Morgan fingerprint density at radius 2 is 1.69 bits per heavy atom. The Bertz CT molecular complexity index is 1050. The summed E-state index contributed by atoms with van der Waals surface area (Å²) < 4.78 is 5.67. The normalized spacial score (nSPS) is 16.7. The molecular formula is C31H42N2O2. The van der Waals surface area contributed by atoms with E-state index in [1.807, 2.05) is 26.0 Å². The lowest BCUT2D eigenvalue weighted by atomic mass is 9.81. The number of Topliss-reactive ketones (excluding diaryl/α,β-unsaturated/α-hetero) is 1. The third kappa shape index (κ3) is 6.23. The van der Waals surface area contributed by atoms with Crippen LogP contribution in [0.1, 0.15) is 71.6 Å². The molecule has 1 heterocycles. The number of carbonyl (C=O) groups is 1. The van der Waals surface area contributed by atoms with Crippen molar-refractivity contribution >= 4 is 11.4 Å². The number of nitrogens with zero attached hydrogens (tertiary/aromatic N) is 2. The number of likely N-dealkylation sites (tertiary alicyclic amines) is 1. The number of hydrogen-bond donors (Lipinski definition) is 0. The van der Waals surface area contributed by atoms with E-state index in [-0.39, 0.29) is 5.78 Å². The van der Waals surface area contributed by atoms with Gasteiger partial charge in [0.1, 0.15) is 5.75 Å². The second-order valence-corrected chi connectivity index (χ2v) is 10.4. The van der Waals surface area contributed by atoms with Crippen LogP contribution < -0.4 is 4.74 Å². The molecule has 4 nitrogen and oxygen atoms in total. The van der Waals surface area contributed by atoms with Crippen LogP contribution in [0.5, 0.6) is 5.75 Å². The molecule has 4 rings (SSSR count). The van der Waals surface area contributed by atoms with Crippen molar-refractivity contribution in [3.8, 4) is 5.75 Å². The molecule has 2 aliphatic rings. The summed E-state index contributed by atoms with van der Waals surface area (Å²) in [5.41, 5.74) is 7.37. The molecular weight excluding hydrogens is 432 g/mol. The zero-order valence-electron chi connectivity index (χ0n) is 22.2. The fourth-order valence-corrected chi connectivity index (χ4v) is 5.57. The first kappa shape index (κ1) is 25.7. The lowest BCUT2D eigenvalue weighted by Gasteiger charge is -2.28. The standard InChI is InChI=1S/C31H42N2O2/c1-23-11-16-27-29(31(23)35-4)22-28(24(2)30(27)34)26-14-12-25(13-15-26)10-6-9-17-32(3)20-21-33-18-7-5-8-19-33/h11-16H,5-10,17-22H2,1-4H3. The molecule has 0 saturated carbocycles. The topological polar surface area (TPSA) is 32.8 Å². The highest BCUT2D eigenvalue weighted by Crippen LogP contribution is 2.38. The van der Waals surface area contributed by atoms with E-state index in [9.17, 15) is 4.79 Å². The predicted octanol–water partition coefficient (Wildman–Crippen LogP) is 5.96. The smallest absolute Gasteiger partial charge is 0.189 e. The number of allylic oxidation sites excluding steroid dienone is 2. The second kappa shape index (κ2) is 12.0. The lowest BCUT2D eigenvalue weighted by Crippen LogP contribution is -2.36. The SMILES string of the molecule is COc1c(C)ccc2c1CC(c1ccc(CCCCN(C)CCN3CCCCC3)cc1)=C(C)C2=O. The van der Waals surface area contributed by atoms with Crippen LogP contribution >= 0.6 is 0 Å². The summed E-state index contributed by atoms with van der Waals surface area (Å²) in [5.74, 6) is 0.964. The Morgan fingerprint density at radius 1 is 0.943 bits per heavy atom. The molecule has 0 bridgehead atoms. The van der Waals surface area contributed by atoms with Gasteiger partial charge in [-0.15, -0.1) is 0 Å². The van der Waals surface area contributed by atoms with Crippen LogP contribution in [0.25, 0.3) is 5.57 Å². The van der Waals surface area contributed by atoms with E-state index in [4.69, 9.17) is 4.74 Å². The summed E-state index contributed by atoms with van der Waals surface area (Å²) in [5, 5.41) is 0. The van der Waals surface area contributed by atoms with Gasteiger partial charge in [0.25, 0.3) is 0 Å². The van der Waals surface area contributed by atoms with Gasteiger partial charge in [-0.1, -0.05) is 42.8 Å². The monoisotopic (exact) mass is 474 g/mol. The summed E-state index contributed by atoms with van der Waals surface area (Å²) in [6.45, 7) is 10.1. The number of hydrogen-bond acceptors (Lipinski definition) is 4. The van der Waals surface area contributed by atoms with Gasteiger partial charge in [0.15, 0.2) is 5.78 Å². The zero-order chi connectivity index (χ0) is 24.8. The van der Waals surface area contributed by atoms with Crippen molar-refractivity contribution in [1.29, 1.82) is 0 Å². The molecule has 0 spiro atoms. The number of unbranched alkanes of at least 4 members (excludes halogenated alkanes) is 1. The molecule has 0 aromatic heterocycles. The highest BCUT2D eigenvalue weighted by molar-refractivity contribution is 6.16. The number of aryl methyl sites for hydroxylation is 2. The summed E-state index contributed by atoms with van der Waals surface area (Å²) in [6.07, 6.45) is 8.43. The number of carbonyl (C=O) groups excluding carboxylic acids is 1. The number of likely N-dealkylation sites (N-methyl/N-ethyl adjacent to an activating group) is 1. The van der Waals surface area contributed by atoms with E-state index in [1.54, 1.807) is 7.11 Å². The molecule has 1 fully saturated rings. The van der Waals surface area contributed by atoms with Gasteiger partial charge in [0.2, 0.25) is 0 Å². The van der Waals surface area contributed by atoms with E-state index in [1.165, 1.54) is 70.4 Å². The van der Waals surface area contributed by atoms with E-state index < -0.39 is 0 Å². The van der Waals surface area contributed by atoms with Crippen molar-refractivity contribution < 1.29 is 9.53 Å². The average molecular weight is 475 g/mol. The van der Waals surface area contributed by atoms with Crippen molar-refractivity contribution in [2.24, 2.45) is 0 Å². The number of methoxy groups -OCH3 is 1. The van der Waals surface area contributed by atoms with Crippen molar-refractivity contribution in [3.05, 3.63) is 69.8 Å². The fourth-order valence-electron chi connectivity index (χ4n) is 5.57. The predicted molar refractivity (Wildman–Crippen MR) is 146 cm³/mol. The number of ether oxygens (including phenoxy) is 1. The fraction of sp³-hybridized carbons (Fsp3) is 0.516. The molecule has 4 heteroatoms. The third-order valence-electron chi connectivity index (χ3n) is 7.86. The minimum Gasteiger partial charge on any atom is -0.496 e. The largest absolute Gasteiger partial charge is 0.496 e. The van der Waals surface area contributed by atoms with Crippen LogP contribution in [0.3, 0.4) is 0 Å². The molecule has 0 N–H and O–H groups in total. The molecule has 1 saturated heterocycles. The molecule has 0 unspecified atom stereocenters. The van der Waals surface area contributed by atoms with Gasteiger partial charge in [0.05, 0.1) is 7.11 Å². The average Bonchev–Trinajstić information content (AvgIpc) is 2.88. The van der Waals surface area contributed by atoms with E-state index in [0.29, 0.717) is 0 Å². The maximum Gasteiger partial charge on any atom is 0.189 e. The van der Waals surface area contributed by atoms with Gasteiger partial charge in [0, 0.05) is 36.2 Å². The zero-order valence-corrected chi connectivity index (χ0v) is 22.2. The summed E-state index contributed by atoms with van der Waals surface area (Å²) >= 11 is 0. The highest BCUT2D eigenvalue weighted by atomic mass is 16.5. The Morgan fingerprint density at radius 3 is 2.40 bits per heavy atom. The minimum absolute atomic E-state index is 0.119. The van der Waals surface area contributed by atoms with Gasteiger partial charge < -0.3 is 14.5 Å². The molecule has 0 atom stereocenters. The Kier molecular flexibility index (Phi) is 8.80. The summed E-state index contributed by atoms with van der Waals surface area (Å²) in [6, 6.07) is 12.8. The van der Waals surface area contributed by atoms with E-state index in [2.05, 4.69) is 41.1 Å². The molecule has 35 heavy (non-hydrogen) atoms.